The van der Waals surface area contributed by atoms with E-state index in [2.05, 4.69) is 10.1 Å². The number of esters is 1. The topological polar surface area (TPSA) is 108 Å². The van der Waals surface area contributed by atoms with Crippen molar-refractivity contribution in [3.63, 3.8) is 0 Å². The Bertz CT molecular complexity index is 875. The summed E-state index contributed by atoms with van der Waals surface area (Å²) in [5.41, 5.74) is 1.39. The molecule has 25 heavy (non-hydrogen) atoms. The van der Waals surface area contributed by atoms with Gasteiger partial charge in [0, 0.05) is 17.7 Å². The van der Waals surface area contributed by atoms with E-state index in [4.69, 9.17) is 9.26 Å². The predicted octanol–water partition coefficient (Wildman–Crippen LogP) is 2.93. The predicted molar refractivity (Wildman–Crippen MR) is 86.3 cm³/mol. The summed E-state index contributed by atoms with van der Waals surface area (Å²) in [7, 11) is 0. The van der Waals surface area contributed by atoms with Crippen LogP contribution >= 0.6 is 0 Å². The zero-order valence-electron chi connectivity index (χ0n) is 13.0. The van der Waals surface area contributed by atoms with Crippen LogP contribution in [0, 0.1) is 10.1 Å². The third-order valence-corrected chi connectivity index (χ3v) is 3.35. The van der Waals surface area contributed by atoms with Gasteiger partial charge in [0.1, 0.15) is 0 Å². The van der Waals surface area contributed by atoms with Crippen molar-refractivity contribution in [1.82, 2.24) is 10.1 Å². The van der Waals surface area contributed by atoms with Gasteiger partial charge in [-0.15, -0.1) is 0 Å². The molecule has 0 aliphatic rings. The number of hydrogen-bond donors (Lipinski definition) is 0. The molecule has 3 aromatic rings. The van der Waals surface area contributed by atoms with Crippen LogP contribution in [0.2, 0.25) is 0 Å². The maximum absolute atomic E-state index is 11.8. The lowest BCUT2D eigenvalue weighted by atomic mass is 10.2. The highest BCUT2D eigenvalue weighted by Gasteiger charge is 2.13. The van der Waals surface area contributed by atoms with Gasteiger partial charge >= 0.3 is 5.97 Å². The van der Waals surface area contributed by atoms with Crippen LogP contribution in [-0.2, 0) is 22.6 Å². The third-order valence-electron chi connectivity index (χ3n) is 3.35. The Balaban J connectivity index is 1.58. The van der Waals surface area contributed by atoms with Crippen LogP contribution in [0.1, 0.15) is 11.5 Å². The number of non-ortho nitro benzene ring substituents is 1. The van der Waals surface area contributed by atoms with E-state index >= 15 is 0 Å². The zero-order valence-corrected chi connectivity index (χ0v) is 13.0. The van der Waals surface area contributed by atoms with Gasteiger partial charge in [-0.05, 0) is 17.7 Å². The Kier molecular flexibility index (Phi) is 4.79. The first-order chi connectivity index (χ1) is 12.1. The Morgan fingerprint density at radius 1 is 1.12 bits per heavy atom. The van der Waals surface area contributed by atoms with E-state index in [-0.39, 0.29) is 30.4 Å². The van der Waals surface area contributed by atoms with Crippen LogP contribution in [0.3, 0.4) is 0 Å². The van der Waals surface area contributed by atoms with E-state index in [1.54, 1.807) is 0 Å². The quantitative estimate of drug-likeness (QED) is 0.386. The van der Waals surface area contributed by atoms with Gasteiger partial charge in [0.25, 0.3) is 11.6 Å². The molecular formula is C17H13N3O5. The first-order valence-electron chi connectivity index (χ1n) is 7.39. The van der Waals surface area contributed by atoms with E-state index in [0.717, 1.165) is 5.56 Å². The molecule has 0 atom stereocenters. The number of carbonyl (C=O) groups is 1. The minimum Gasteiger partial charge on any atom is -0.455 e. The molecule has 2 aromatic carbocycles. The summed E-state index contributed by atoms with van der Waals surface area (Å²) >= 11 is 0. The largest absolute Gasteiger partial charge is 0.455 e. The molecule has 8 heteroatoms. The molecule has 0 fully saturated rings. The summed E-state index contributed by atoms with van der Waals surface area (Å²) in [5.74, 6) is 0.0139. The molecule has 0 amide bonds. The second kappa shape index (κ2) is 7.35. The van der Waals surface area contributed by atoms with Crippen molar-refractivity contribution < 1.29 is 19.0 Å². The second-order valence-electron chi connectivity index (χ2n) is 5.14. The fourth-order valence-electron chi connectivity index (χ4n) is 2.12. The maximum Gasteiger partial charge on any atom is 0.310 e. The highest BCUT2D eigenvalue weighted by Crippen LogP contribution is 2.20. The van der Waals surface area contributed by atoms with Crippen molar-refractivity contribution in [2.75, 3.05) is 0 Å². The smallest absolute Gasteiger partial charge is 0.310 e. The standard InChI is InChI=1S/C17H13N3O5/c21-16(10-12-4-2-1-3-5-12)24-11-15-18-17(19-25-15)13-6-8-14(9-7-13)20(22)23/h1-9H,10-11H2. The van der Waals surface area contributed by atoms with E-state index in [0.29, 0.717) is 5.56 Å². The van der Waals surface area contributed by atoms with Crippen molar-refractivity contribution in [3.8, 4) is 11.4 Å². The van der Waals surface area contributed by atoms with Crippen molar-refractivity contribution >= 4 is 11.7 Å². The second-order valence-corrected chi connectivity index (χ2v) is 5.14. The van der Waals surface area contributed by atoms with E-state index in [1.807, 2.05) is 30.3 Å². The van der Waals surface area contributed by atoms with Crippen molar-refractivity contribution in [3.05, 3.63) is 76.2 Å². The zero-order chi connectivity index (χ0) is 17.6. The first-order valence-corrected chi connectivity index (χ1v) is 7.39. The third kappa shape index (κ3) is 4.25. The molecule has 1 heterocycles. The summed E-state index contributed by atoms with van der Waals surface area (Å²) in [6.45, 7) is -0.133. The highest BCUT2D eigenvalue weighted by molar-refractivity contribution is 5.72. The molecule has 0 spiro atoms. The molecule has 0 aliphatic carbocycles. The number of aromatic nitrogens is 2. The fraction of sp³-hybridized carbons (Fsp3) is 0.118. The van der Waals surface area contributed by atoms with Gasteiger partial charge in [0.05, 0.1) is 11.3 Å². The summed E-state index contributed by atoms with van der Waals surface area (Å²) < 4.78 is 10.1. The lowest BCUT2D eigenvalue weighted by Crippen LogP contribution is -2.08. The average molecular weight is 339 g/mol. The van der Waals surface area contributed by atoms with Crippen LogP contribution in [0.15, 0.2) is 59.1 Å². The summed E-state index contributed by atoms with van der Waals surface area (Å²) in [4.78, 5) is 26.0. The number of rotatable bonds is 6. The number of carbonyl (C=O) groups excluding carboxylic acids is 1. The Labute approximate surface area is 142 Å². The minimum atomic E-state index is -0.488. The molecule has 0 saturated carbocycles. The van der Waals surface area contributed by atoms with Crippen LogP contribution < -0.4 is 0 Å². The van der Waals surface area contributed by atoms with Crippen LogP contribution in [-0.4, -0.2) is 21.0 Å². The Morgan fingerprint density at radius 2 is 1.84 bits per heavy atom. The minimum absolute atomic E-state index is 0.0256. The average Bonchev–Trinajstić information content (AvgIpc) is 3.10. The van der Waals surface area contributed by atoms with Gasteiger partial charge in [-0.1, -0.05) is 35.5 Å². The normalized spacial score (nSPS) is 10.4. The Hall–Kier alpha value is -3.55. The maximum atomic E-state index is 11.8. The molecule has 3 rings (SSSR count). The SMILES string of the molecule is O=C(Cc1ccccc1)OCc1nc(-c2ccc([N+](=O)[O-])cc2)no1. The van der Waals surface area contributed by atoms with E-state index < -0.39 is 10.9 Å². The van der Waals surface area contributed by atoms with Gasteiger partial charge in [-0.3, -0.25) is 14.9 Å². The van der Waals surface area contributed by atoms with Gasteiger partial charge < -0.3 is 9.26 Å². The van der Waals surface area contributed by atoms with Gasteiger partial charge in [0.15, 0.2) is 6.61 Å². The van der Waals surface area contributed by atoms with Crippen molar-refractivity contribution in [2.45, 2.75) is 13.0 Å². The van der Waals surface area contributed by atoms with Crippen LogP contribution in [0.4, 0.5) is 5.69 Å². The number of hydrogen-bond acceptors (Lipinski definition) is 7. The van der Waals surface area contributed by atoms with Crippen molar-refractivity contribution in [1.29, 1.82) is 0 Å². The van der Waals surface area contributed by atoms with Gasteiger partial charge in [0.2, 0.25) is 5.82 Å². The molecule has 1 aromatic heterocycles. The summed E-state index contributed by atoms with van der Waals surface area (Å²) in [6.07, 6.45) is 0.157. The fourth-order valence-corrected chi connectivity index (χ4v) is 2.12. The number of benzene rings is 2. The van der Waals surface area contributed by atoms with Crippen LogP contribution in [0.5, 0.6) is 0 Å². The molecule has 0 aliphatic heterocycles. The van der Waals surface area contributed by atoms with Gasteiger partial charge in [-0.2, -0.15) is 4.98 Å². The van der Waals surface area contributed by atoms with E-state index in [1.165, 1.54) is 24.3 Å². The molecule has 126 valence electrons. The number of ether oxygens (including phenoxy) is 1. The van der Waals surface area contributed by atoms with Gasteiger partial charge in [-0.25, -0.2) is 0 Å². The highest BCUT2D eigenvalue weighted by atomic mass is 16.6. The summed E-state index contributed by atoms with van der Waals surface area (Å²) in [6, 6.07) is 15.0. The molecular weight excluding hydrogens is 326 g/mol. The summed E-state index contributed by atoms with van der Waals surface area (Å²) in [5, 5.41) is 14.4. The van der Waals surface area contributed by atoms with Crippen molar-refractivity contribution in [2.24, 2.45) is 0 Å². The number of nitro benzene ring substituents is 1. The molecule has 0 bridgehead atoms. The molecule has 0 unspecified atom stereocenters. The molecule has 0 saturated heterocycles. The van der Waals surface area contributed by atoms with Crippen LogP contribution in [0.25, 0.3) is 11.4 Å². The lowest BCUT2D eigenvalue weighted by Gasteiger charge is -2.01. The lowest BCUT2D eigenvalue weighted by molar-refractivity contribution is -0.384. The first kappa shape index (κ1) is 16.3. The Morgan fingerprint density at radius 3 is 2.52 bits per heavy atom. The molecule has 8 nitrogen and oxygen atoms in total. The molecule has 0 radical (unpaired) electrons. The van der Waals surface area contributed by atoms with E-state index in [9.17, 15) is 14.9 Å². The number of nitrogens with zero attached hydrogens (tertiary/aromatic N) is 3. The monoisotopic (exact) mass is 339 g/mol. The molecule has 0 N–H and O–H groups in total. The number of nitro groups is 1.